The normalized spacial score (nSPS) is 16.5. The molecule has 144 valence electrons. The van der Waals surface area contributed by atoms with Crippen molar-refractivity contribution in [3.8, 4) is 6.07 Å². The molecule has 0 aromatic heterocycles. The van der Waals surface area contributed by atoms with Crippen molar-refractivity contribution in [3.05, 3.63) is 75.5 Å². The van der Waals surface area contributed by atoms with E-state index in [1.54, 1.807) is 24.3 Å². The second kappa shape index (κ2) is 7.20. The molecule has 0 spiro atoms. The lowest BCUT2D eigenvalue weighted by molar-refractivity contribution is -0.384. The fourth-order valence-corrected chi connectivity index (χ4v) is 3.68. The van der Waals surface area contributed by atoms with E-state index in [0.717, 1.165) is 17.7 Å². The zero-order valence-electron chi connectivity index (χ0n) is 15.4. The first kappa shape index (κ1) is 18.4. The van der Waals surface area contributed by atoms with Gasteiger partial charge in [-0.1, -0.05) is 0 Å². The van der Waals surface area contributed by atoms with E-state index in [9.17, 15) is 19.7 Å². The number of benzene rings is 2. The van der Waals surface area contributed by atoms with Gasteiger partial charge in [-0.15, -0.1) is 0 Å². The number of nitriles is 1. The molecule has 29 heavy (non-hydrogen) atoms. The molecule has 0 unspecified atom stereocenters. The van der Waals surface area contributed by atoms with Crippen LogP contribution in [0.25, 0.3) is 5.57 Å². The van der Waals surface area contributed by atoms with Crippen LogP contribution in [-0.2, 0) is 9.59 Å². The molecule has 2 heterocycles. The van der Waals surface area contributed by atoms with Crippen LogP contribution in [-0.4, -0.2) is 34.7 Å². The Morgan fingerprint density at radius 3 is 2.10 bits per heavy atom. The second-order valence-electron chi connectivity index (χ2n) is 6.83. The third-order valence-electron chi connectivity index (χ3n) is 5.10. The number of likely N-dealkylation sites (tertiary alicyclic amines) is 1. The quantitative estimate of drug-likeness (QED) is 0.453. The number of non-ortho nitro benzene ring substituents is 1. The van der Waals surface area contributed by atoms with Gasteiger partial charge in [0.2, 0.25) is 0 Å². The molecule has 0 atom stereocenters. The van der Waals surface area contributed by atoms with E-state index in [4.69, 9.17) is 5.26 Å². The van der Waals surface area contributed by atoms with E-state index in [0.29, 0.717) is 35.6 Å². The largest absolute Gasteiger partial charge is 0.366 e. The first-order valence-corrected chi connectivity index (χ1v) is 9.14. The molecule has 0 bridgehead atoms. The van der Waals surface area contributed by atoms with E-state index >= 15 is 0 Å². The summed E-state index contributed by atoms with van der Waals surface area (Å²) in [5.41, 5.74) is 1.76. The highest BCUT2D eigenvalue weighted by atomic mass is 16.6. The van der Waals surface area contributed by atoms with Crippen LogP contribution >= 0.6 is 0 Å². The third kappa shape index (κ3) is 3.12. The summed E-state index contributed by atoms with van der Waals surface area (Å²) in [5, 5.41) is 19.9. The Hall–Kier alpha value is -3.99. The Kier molecular flexibility index (Phi) is 4.56. The predicted molar refractivity (Wildman–Crippen MR) is 104 cm³/mol. The molecule has 8 heteroatoms. The molecule has 2 aromatic carbocycles. The number of carbonyl (C=O) groups excluding carboxylic acids is 2. The van der Waals surface area contributed by atoms with Crippen LogP contribution in [0.4, 0.5) is 11.4 Å². The molecule has 1 saturated heterocycles. The molecule has 2 aromatic rings. The fraction of sp³-hybridized carbons (Fsp3) is 0.190. The summed E-state index contributed by atoms with van der Waals surface area (Å²) in [6, 6.07) is 13.9. The first-order valence-electron chi connectivity index (χ1n) is 9.14. The maximum atomic E-state index is 13.3. The summed E-state index contributed by atoms with van der Waals surface area (Å²) in [5.74, 6) is -0.898. The van der Waals surface area contributed by atoms with Crippen LogP contribution in [0, 0.1) is 21.4 Å². The van der Waals surface area contributed by atoms with E-state index < -0.39 is 16.7 Å². The van der Waals surface area contributed by atoms with Crippen LogP contribution in [0.2, 0.25) is 0 Å². The minimum atomic E-state index is -0.510. The van der Waals surface area contributed by atoms with Crippen LogP contribution in [0.5, 0.6) is 0 Å². The highest BCUT2D eigenvalue weighted by molar-refractivity contribution is 6.45. The first-order chi connectivity index (χ1) is 14.0. The number of amides is 2. The van der Waals surface area contributed by atoms with Crippen molar-refractivity contribution in [2.75, 3.05) is 18.0 Å². The van der Waals surface area contributed by atoms with Gasteiger partial charge in [0, 0.05) is 25.2 Å². The number of nitro benzene ring substituents is 1. The lowest BCUT2D eigenvalue weighted by Crippen LogP contribution is -2.34. The summed E-state index contributed by atoms with van der Waals surface area (Å²) in [6.45, 7) is 1.35. The van der Waals surface area contributed by atoms with E-state index in [1.807, 2.05) is 11.0 Å². The number of carbonyl (C=O) groups is 2. The van der Waals surface area contributed by atoms with Gasteiger partial charge in [0.05, 0.1) is 27.8 Å². The van der Waals surface area contributed by atoms with E-state index in [1.165, 1.54) is 24.3 Å². The number of nitrogens with zero attached hydrogens (tertiary/aromatic N) is 4. The van der Waals surface area contributed by atoms with Crippen molar-refractivity contribution < 1.29 is 14.5 Å². The standard InChI is InChI=1S/C21H16N4O4/c22-13-14-3-7-16(8-4-14)24-20(26)18(15-5-9-17(10-6-15)25(28)29)19(21(24)27)23-11-1-2-12-23/h3-10H,1-2,11-12H2. The molecule has 0 aliphatic carbocycles. The average Bonchev–Trinajstić information content (AvgIpc) is 3.34. The van der Waals surface area contributed by atoms with Gasteiger partial charge in [-0.05, 0) is 54.8 Å². The summed E-state index contributed by atoms with van der Waals surface area (Å²) in [7, 11) is 0. The number of imide groups is 1. The molecular weight excluding hydrogens is 372 g/mol. The van der Waals surface area contributed by atoms with Gasteiger partial charge in [0.25, 0.3) is 17.5 Å². The second-order valence-corrected chi connectivity index (χ2v) is 6.83. The molecule has 2 aliphatic heterocycles. The summed E-state index contributed by atoms with van der Waals surface area (Å²) in [6.07, 6.45) is 1.85. The highest BCUT2D eigenvalue weighted by Gasteiger charge is 2.43. The van der Waals surface area contributed by atoms with Crippen molar-refractivity contribution in [2.24, 2.45) is 0 Å². The molecule has 0 N–H and O–H groups in total. The van der Waals surface area contributed by atoms with Crippen molar-refractivity contribution in [3.63, 3.8) is 0 Å². The summed E-state index contributed by atoms with van der Waals surface area (Å²) >= 11 is 0. The van der Waals surface area contributed by atoms with Crippen LogP contribution in [0.3, 0.4) is 0 Å². The number of hydrogen-bond donors (Lipinski definition) is 0. The van der Waals surface area contributed by atoms with Gasteiger partial charge in [-0.25, -0.2) is 4.90 Å². The highest BCUT2D eigenvalue weighted by Crippen LogP contribution is 2.36. The van der Waals surface area contributed by atoms with E-state index in [-0.39, 0.29) is 11.3 Å². The maximum absolute atomic E-state index is 13.3. The van der Waals surface area contributed by atoms with Crippen LogP contribution < -0.4 is 4.90 Å². The molecule has 4 rings (SSSR count). The van der Waals surface area contributed by atoms with Crippen molar-refractivity contribution >= 4 is 28.8 Å². The molecule has 8 nitrogen and oxygen atoms in total. The molecule has 0 radical (unpaired) electrons. The molecule has 1 fully saturated rings. The van der Waals surface area contributed by atoms with Gasteiger partial charge in [0.1, 0.15) is 5.70 Å². The number of rotatable bonds is 4. The number of hydrogen-bond acceptors (Lipinski definition) is 6. The fourth-order valence-electron chi connectivity index (χ4n) is 3.68. The lowest BCUT2D eigenvalue weighted by Gasteiger charge is -2.20. The molecule has 0 saturated carbocycles. The Morgan fingerprint density at radius 1 is 0.931 bits per heavy atom. The molecule has 2 amide bonds. The Labute approximate surface area is 166 Å². The Balaban J connectivity index is 1.79. The van der Waals surface area contributed by atoms with Gasteiger partial charge < -0.3 is 4.90 Å². The minimum Gasteiger partial charge on any atom is -0.366 e. The van der Waals surface area contributed by atoms with E-state index in [2.05, 4.69) is 0 Å². The predicted octanol–water partition coefficient (Wildman–Crippen LogP) is 2.85. The Morgan fingerprint density at radius 2 is 1.55 bits per heavy atom. The lowest BCUT2D eigenvalue weighted by atomic mass is 10.0. The smallest absolute Gasteiger partial charge is 0.282 e. The molecule has 2 aliphatic rings. The summed E-state index contributed by atoms with van der Waals surface area (Å²) < 4.78 is 0. The van der Waals surface area contributed by atoms with Gasteiger partial charge in [0.15, 0.2) is 0 Å². The SMILES string of the molecule is N#Cc1ccc(N2C(=O)C(c3ccc([N+](=O)[O-])cc3)=C(N3CCCC3)C2=O)cc1. The molecular formula is C21H16N4O4. The number of nitro groups is 1. The van der Waals surface area contributed by atoms with Crippen molar-refractivity contribution in [1.82, 2.24) is 4.90 Å². The topological polar surface area (TPSA) is 108 Å². The summed E-state index contributed by atoms with van der Waals surface area (Å²) in [4.78, 5) is 40.0. The monoisotopic (exact) mass is 388 g/mol. The number of anilines is 1. The average molecular weight is 388 g/mol. The van der Waals surface area contributed by atoms with Gasteiger partial charge in [-0.3, -0.25) is 19.7 Å². The zero-order valence-corrected chi connectivity index (χ0v) is 15.4. The Bertz CT molecular complexity index is 1080. The minimum absolute atomic E-state index is 0.0854. The van der Waals surface area contributed by atoms with Gasteiger partial charge >= 0.3 is 0 Å². The third-order valence-corrected chi connectivity index (χ3v) is 5.10. The van der Waals surface area contributed by atoms with Crippen LogP contribution in [0.1, 0.15) is 24.0 Å². The van der Waals surface area contributed by atoms with Crippen LogP contribution in [0.15, 0.2) is 54.2 Å². The van der Waals surface area contributed by atoms with Crippen molar-refractivity contribution in [2.45, 2.75) is 12.8 Å². The maximum Gasteiger partial charge on any atom is 0.282 e. The zero-order chi connectivity index (χ0) is 20.5. The van der Waals surface area contributed by atoms with Crippen molar-refractivity contribution in [1.29, 1.82) is 5.26 Å². The van der Waals surface area contributed by atoms with Gasteiger partial charge in [-0.2, -0.15) is 5.26 Å².